The number of nitrogen functional groups attached to an aromatic ring is 1. The molecule has 0 saturated carbocycles. The number of ether oxygens (including phenoxy) is 2. The number of nitrogens with one attached hydrogen (secondary N) is 1. The number of hydrogen-bond acceptors (Lipinski definition) is 8. The second kappa shape index (κ2) is 7.36. The summed E-state index contributed by atoms with van der Waals surface area (Å²) < 4.78 is 37.3. The smallest absolute Gasteiger partial charge is 0.212 e. The van der Waals surface area contributed by atoms with E-state index in [-0.39, 0.29) is 32.3 Å². The normalized spacial score (nSPS) is 17.6. The number of anilines is 2. The van der Waals surface area contributed by atoms with Crippen molar-refractivity contribution in [2.45, 2.75) is 22.8 Å². The van der Waals surface area contributed by atoms with E-state index >= 15 is 0 Å². The maximum Gasteiger partial charge on any atom is 0.212 e. The average molecular weight is 438 g/mol. The number of hydrogen-bond donors (Lipinski definition) is 2. The molecule has 0 aliphatic carbocycles. The van der Waals surface area contributed by atoms with E-state index in [1.165, 1.54) is 31.6 Å². The van der Waals surface area contributed by atoms with Gasteiger partial charge in [0.1, 0.15) is 33.8 Å². The lowest BCUT2D eigenvalue weighted by molar-refractivity contribution is 0.0530. The number of nitrogens with two attached hydrogens (primary N) is 1. The number of aromatic nitrogens is 3. The van der Waals surface area contributed by atoms with Gasteiger partial charge in [-0.2, -0.15) is 0 Å². The van der Waals surface area contributed by atoms with Crippen molar-refractivity contribution in [3.8, 4) is 5.75 Å². The molecule has 1 fully saturated rings. The first-order valence-electron chi connectivity index (χ1n) is 8.90. The summed E-state index contributed by atoms with van der Waals surface area (Å²) in [5.74, 6) is 0.963. The number of methoxy groups -OCH3 is 1. The Morgan fingerprint density at radius 3 is 2.86 bits per heavy atom. The molecule has 0 spiro atoms. The fourth-order valence-electron chi connectivity index (χ4n) is 3.44. The van der Waals surface area contributed by atoms with E-state index in [2.05, 4.69) is 15.0 Å². The first-order valence-corrected chi connectivity index (χ1v) is 10.8. The number of halogens is 1. The van der Waals surface area contributed by atoms with Gasteiger partial charge in [-0.3, -0.25) is 0 Å². The highest BCUT2D eigenvalue weighted by molar-refractivity contribution is 7.92. The van der Waals surface area contributed by atoms with Crippen LogP contribution < -0.4 is 15.4 Å². The van der Waals surface area contributed by atoms with Crippen LogP contribution in [0.4, 0.5) is 11.6 Å². The highest BCUT2D eigenvalue weighted by Crippen LogP contribution is 2.37. The SMILES string of the molecule is COc1ccc(S(=O)(=O)c2c(N)[nH]c3c(N4CCOC(C)C4)ncnc23)cc1Cl. The topological polar surface area (TPSA) is 123 Å². The van der Waals surface area contributed by atoms with Crippen LogP contribution >= 0.6 is 11.6 Å². The van der Waals surface area contributed by atoms with Crippen molar-refractivity contribution >= 4 is 44.1 Å². The van der Waals surface area contributed by atoms with Gasteiger partial charge in [-0.1, -0.05) is 11.6 Å². The third kappa shape index (κ3) is 3.37. The molecule has 1 atom stereocenters. The van der Waals surface area contributed by atoms with Crippen LogP contribution in [-0.4, -0.2) is 56.3 Å². The van der Waals surface area contributed by atoms with Gasteiger partial charge in [0, 0.05) is 13.1 Å². The Kier molecular flexibility index (Phi) is 5.01. The molecule has 4 rings (SSSR count). The lowest BCUT2D eigenvalue weighted by Crippen LogP contribution is -2.41. The first kappa shape index (κ1) is 19.7. The van der Waals surface area contributed by atoms with E-state index in [0.29, 0.717) is 36.8 Å². The summed E-state index contributed by atoms with van der Waals surface area (Å²) in [7, 11) is -2.53. The Balaban J connectivity index is 1.85. The van der Waals surface area contributed by atoms with Gasteiger partial charge in [0.15, 0.2) is 5.82 Å². The summed E-state index contributed by atoms with van der Waals surface area (Å²) in [6, 6.07) is 4.25. The first-order chi connectivity index (χ1) is 13.8. The molecule has 29 heavy (non-hydrogen) atoms. The molecular weight excluding hydrogens is 418 g/mol. The van der Waals surface area contributed by atoms with Crippen molar-refractivity contribution in [3.63, 3.8) is 0 Å². The van der Waals surface area contributed by atoms with E-state index in [1.807, 2.05) is 11.8 Å². The molecule has 11 heteroatoms. The fourth-order valence-corrected chi connectivity index (χ4v) is 5.27. The van der Waals surface area contributed by atoms with Crippen molar-refractivity contribution < 1.29 is 17.9 Å². The second-order valence-electron chi connectivity index (χ2n) is 6.72. The third-order valence-electron chi connectivity index (χ3n) is 4.79. The number of sulfone groups is 1. The minimum absolute atomic E-state index is 0.00365. The summed E-state index contributed by atoms with van der Waals surface area (Å²) in [6.07, 6.45) is 1.37. The summed E-state index contributed by atoms with van der Waals surface area (Å²) in [6.45, 7) is 3.78. The van der Waals surface area contributed by atoms with Crippen molar-refractivity contribution in [1.29, 1.82) is 0 Å². The maximum absolute atomic E-state index is 13.3. The van der Waals surface area contributed by atoms with Crippen LogP contribution in [0.15, 0.2) is 34.3 Å². The zero-order chi connectivity index (χ0) is 20.8. The van der Waals surface area contributed by atoms with Crippen LogP contribution in [0.1, 0.15) is 6.92 Å². The minimum Gasteiger partial charge on any atom is -0.495 e. The Bertz CT molecular complexity index is 1180. The summed E-state index contributed by atoms with van der Waals surface area (Å²) in [5, 5.41) is 0.185. The molecule has 0 radical (unpaired) electrons. The number of H-pyrrole nitrogens is 1. The highest BCUT2D eigenvalue weighted by atomic mass is 35.5. The predicted octanol–water partition coefficient (Wildman–Crippen LogP) is 2.26. The second-order valence-corrected chi connectivity index (χ2v) is 9.01. The largest absolute Gasteiger partial charge is 0.495 e. The highest BCUT2D eigenvalue weighted by Gasteiger charge is 2.30. The number of nitrogens with zero attached hydrogens (tertiary/aromatic N) is 3. The number of rotatable bonds is 4. The molecule has 154 valence electrons. The number of fused-ring (bicyclic) bond motifs is 1. The van der Waals surface area contributed by atoms with Gasteiger partial charge in [-0.05, 0) is 25.1 Å². The molecule has 0 bridgehead atoms. The summed E-state index contributed by atoms with van der Waals surface area (Å²) in [5.41, 5.74) is 6.80. The zero-order valence-electron chi connectivity index (χ0n) is 15.8. The Morgan fingerprint density at radius 1 is 1.38 bits per heavy atom. The fraction of sp³-hybridized carbons (Fsp3) is 0.333. The number of aromatic amines is 1. The van der Waals surface area contributed by atoms with Crippen LogP contribution in [0.25, 0.3) is 11.0 Å². The molecule has 1 saturated heterocycles. The van der Waals surface area contributed by atoms with Crippen LogP contribution in [0, 0.1) is 0 Å². The monoisotopic (exact) mass is 437 g/mol. The molecule has 1 aliphatic rings. The average Bonchev–Trinajstić information content (AvgIpc) is 3.04. The standard InChI is InChI=1S/C18H20ClN5O4S/c1-10-8-24(5-6-28-10)18-15-14(21-9-22-18)16(17(20)23-15)29(25,26)11-3-4-13(27-2)12(19)7-11/h3-4,7,9-10,23H,5-6,8,20H2,1-2H3. The molecule has 1 unspecified atom stereocenters. The zero-order valence-corrected chi connectivity index (χ0v) is 17.4. The van der Waals surface area contributed by atoms with Crippen LogP contribution in [0.3, 0.4) is 0 Å². The van der Waals surface area contributed by atoms with Gasteiger partial charge in [0.25, 0.3) is 0 Å². The Morgan fingerprint density at radius 2 is 2.17 bits per heavy atom. The van der Waals surface area contributed by atoms with E-state index in [4.69, 9.17) is 26.8 Å². The molecule has 3 heterocycles. The van der Waals surface area contributed by atoms with Crippen molar-refractivity contribution in [1.82, 2.24) is 15.0 Å². The lowest BCUT2D eigenvalue weighted by Gasteiger charge is -2.32. The molecule has 1 aromatic carbocycles. The van der Waals surface area contributed by atoms with Crippen LogP contribution in [-0.2, 0) is 14.6 Å². The van der Waals surface area contributed by atoms with Gasteiger partial charge in [0.05, 0.1) is 29.7 Å². The van der Waals surface area contributed by atoms with Crippen LogP contribution in [0.2, 0.25) is 5.02 Å². The van der Waals surface area contributed by atoms with E-state index < -0.39 is 9.84 Å². The number of benzene rings is 1. The summed E-state index contributed by atoms with van der Waals surface area (Å²) >= 11 is 6.12. The minimum atomic E-state index is -3.99. The van der Waals surface area contributed by atoms with Crippen LogP contribution in [0.5, 0.6) is 5.75 Å². The molecule has 1 aliphatic heterocycles. The molecule has 2 aromatic heterocycles. The Hall–Kier alpha value is -2.56. The van der Waals surface area contributed by atoms with E-state index in [9.17, 15) is 8.42 Å². The van der Waals surface area contributed by atoms with Gasteiger partial charge < -0.3 is 25.1 Å². The Labute approximate surface area is 172 Å². The molecular formula is C18H20ClN5O4S. The number of morpholine rings is 1. The van der Waals surface area contributed by atoms with E-state index in [1.54, 1.807) is 0 Å². The van der Waals surface area contributed by atoms with Crippen molar-refractivity contribution in [3.05, 3.63) is 29.5 Å². The summed E-state index contributed by atoms with van der Waals surface area (Å²) in [4.78, 5) is 13.4. The molecule has 3 aromatic rings. The quantitative estimate of drug-likeness (QED) is 0.637. The van der Waals surface area contributed by atoms with Gasteiger partial charge >= 0.3 is 0 Å². The maximum atomic E-state index is 13.3. The molecule has 0 amide bonds. The molecule has 9 nitrogen and oxygen atoms in total. The predicted molar refractivity (Wildman–Crippen MR) is 109 cm³/mol. The lowest BCUT2D eigenvalue weighted by atomic mass is 10.3. The van der Waals surface area contributed by atoms with Crippen molar-refractivity contribution in [2.75, 3.05) is 37.4 Å². The third-order valence-corrected chi connectivity index (χ3v) is 6.91. The van der Waals surface area contributed by atoms with Gasteiger partial charge in [-0.15, -0.1) is 0 Å². The van der Waals surface area contributed by atoms with Gasteiger partial charge in [0.2, 0.25) is 9.84 Å². The molecule has 3 N–H and O–H groups in total. The van der Waals surface area contributed by atoms with E-state index in [0.717, 1.165) is 0 Å². The van der Waals surface area contributed by atoms with Crippen molar-refractivity contribution in [2.24, 2.45) is 0 Å². The van der Waals surface area contributed by atoms with Gasteiger partial charge in [-0.25, -0.2) is 18.4 Å².